The summed E-state index contributed by atoms with van der Waals surface area (Å²) < 4.78 is 5.75. The topological polar surface area (TPSA) is 98.0 Å². The van der Waals surface area contributed by atoms with E-state index in [4.69, 9.17) is 22.2 Å². The number of nitrogens with one attached hydrogen (secondary N) is 2. The third kappa shape index (κ3) is 3.43. The molecule has 7 nitrogen and oxygen atoms in total. The number of aromatic nitrogens is 3. The molecule has 0 aliphatic heterocycles. The van der Waals surface area contributed by atoms with Gasteiger partial charge in [-0.05, 0) is 34.1 Å². The summed E-state index contributed by atoms with van der Waals surface area (Å²) in [4.78, 5) is 12.0. The average Bonchev–Trinajstić information content (AvgIpc) is 2.42. The Balaban J connectivity index is 2.29. The van der Waals surface area contributed by atoms with Gasteiger partial charge in [0.25, 0.3) is 0 Å². The summed E-state index contributed by atoms with van der Waals surface area (Å²) in [5.41, 5.74) is 3.06. The van der Waals surface area contributed by atoms with Crippen molar-refractivity contribution in [1.82, 2.24) is 15.0 Å². The van der Waals surface area contributed by atoms with Gasteiger partial charge in [-0.2, -0.15) is 15.0 Å². The van der Waals surface area contributed by atoms with Crippen LogP contribution in [0.4, 0.5) is 17.6 Å². The van der Waals surface area contributed by atoms with Gasteiger partial charge in [0.15, 0.2) is 0 Å². The molecule has 100 valence electrons. The minimum atomic E-state index is 0.147. The molecule has 0 atom stereocenters. The number of ether oxygens (including phenoxy) is 1. The third-order valence-electron chi connectivity index (χ3n) is 2.10. The van der Waals surface area contributed by atoms with E-state index in [0.29, 0.717) is 5.02 Å². The van der Waals surface area contributed by atoms with Crippen LogP contribution in [0.15, 0.2) is 22.7 Å². The first kappa shape index (κ1) is 13.8. The van der Waals surface area contributed by atoms with Crippen LogP contribution in [0.25, 0.3) is 0 Å². The van der Waals surface area contributed by atoms with E-state index in [1.165, 1.54) is 7.11 Å². The highest BCUT2D eigenvalue weighted by Crippen LogP contribution is 2.26. The van der Waals surface area contributed by atoms with Crippen molar-refractivity contribution in [2.45, 2.75) is 0 Å². The van der Waals surface area contributed by atoms with Gasteiger partial charge in [-0.1, -0.05) is 11.6 Å². The van der Waals surface area contributed by atoms with Crippen molar-refractivity contribution < 1.29 is 4.74 Å². The molecular weight excluding hydrogens is 336 g/mol. The second kappa shape index (κ2) is 6.00. The van der Waals surface area contributed by atoms with E-state index in [1.807, 2.05) is 12.1 Å². The molecule has 0 saturated carbocycles. The van der Waals surface area contributed by atoms with Gasteiger partial charge in [-0.25, -0.2) is 5.84 Å². The van der Waals surface area contributed by atoms with Gasteiger partial charge in [-0.15, -0.1) is 0 Å². The SMILES string of the molecule is COc1nc(NN)nc(Nc2ccc(Br)c(Cl)c2)n1. The van der Waals surface area contributed by atoms with Crippen molar-refractivity contribution in [2.24, 2.45) is 5.84 Å². The highest BCUT2D eigenvalue weighted by Gasteiger charge is 2.07. The van der Waals surface area contributed by atoms with Crippen LogP contribution >= 0.6 is 27.5 Å². The summed E-state index contributed by atoms with van der Waals surface area (Å²) in [5, 5.41) is 3.55. The zero-order valence-electron chi connectivity index (χ0n) is 9.82. The quantitative estimate of drug-likeness (QED) is 0.578. The van der Waals surface area contributed by atoms with Crippen LogP contribution in [-0.2, 0) is 0 Å². The molecule has 0 aliphatic rings. The highest BCUT2D eigenvalue weighted by molar-refractivity contribution is 9.10. The largest absolute Gasteiger partial charge is 0.467 e. The number of rotatable bonds is 4. The normalized spacial score (nSPS) is 10.1. The predicted octanol–water partition coefficient (Wildman–Crippen LogP) is 2.33. The molecule has 0 spiro atoms. The fourth-order valence-electron chi connectivity index (χ4n) is 1.27. The standard InChI is InChI=1S/C10H10BrClN6O/c1-19-10-16-8(15-9(17-10)18-13)14-5-2-3-6(11)7(12)4-5/h2-4H,13H2,1H3,(H2,14,15,16,17,18). The van der Waals surface area contributed by atoms with Crippen molar-refractivity contribution in [3.63, 3.8) is 0 Å². The summed E-state index contributed by atoms with van der Waals surface area (Å²) in [6.07, 6.45) is 0. The Labute approximate surface area is 122 Å². The summed E-state index contributed by atoms with van der Waals surface area (Å²) in [7, 11) is 1.45. The van der Waals surface area contributed by atoms with Gasteiger partial charge >= 0.3 is 6.01 Å². The molecule has 2 rings (SSSR count). The van der Waals surface area contributed by atoms with Gasteiger partial charge in [-0.3, -0.25) is 5.43 Å². The molecule has 0 aliphatic carbocycles. The Morgan fingerprint density at radius 1 is 1.26 bits per heavy atom. The maximum Gasteiger partial charge on any atom is 0.322 e. The maximum absolute atomic E-state index is 6.00. The van der Waals surface area contributed by atoms with E-state index in [-0.39, 0.29) is 17.9 Å². The lowest BCUT2D eigenvalue weighted by Crippen LogP contribution is -2.13. The van der Waals surface area contributed by atoms with Crippen LogP contribution in [0, 0.1) is 0 Å². The van der Waals surface area contributed by atoms with Crippen molar-refractivity contribution >= 4 is 45.1 Å². The van der Waals surface area contributed by atoms with Crippen molar-refractivity contribution in [3.05, 3.63) is 27.7 Å². The minimum Gasteiger partial charge on any atom is -0.467 e. The minimum absolute atomic E-state index is 0.147. The number of hydrazine groups is 1. The Kier molecular flexibility index (Phi) is 4.35. The number of hydrogen-bond acceptors (Lipinski definition) is 7. The Hall–Kier alpha value is -1.64. The van der Waals surface area contributed by atoms with Crippen molar-refractivity contribution in [3.8, 4) is 6.01 Å². The molecule has 9 heteroatoms. The first-order valence-corrected chi connectivity index (χ1v) is 6.28. The van der Waals surface area contributed by atoms with E-state index < -0.39 is 0 Å². The Bertz CT molecular complexity index is 574. The molecule has 1 aromatic heterocycles. The van der Waals surface area contributed by atoms with Crippen LogP contribution in [-0.4, -0.2) is 22.1 Å². The monoisotopic (exact) mass is 344 g/mol. The van der Waals surface area contributed by atoms with Gasteiger partial charge in [0.2, 0.25) is 11.9 Å². The average molecular weight is 346 g/mol. The summed E-state index contributed by atoms with van der Waals surface area (Å²) in [6.45, 7) is 0. The summed E-state index contributed by atoms with van der Waals surface area (Å²) in [6, 6.07) is 5.51. The van der Waals surface area contributed by atoms with E-state index >= 15 is 0 Å². The highest BCUT2D eigenvalue weighted by atomic mass is 79.9. The van der Waals surface area contributed by atoms with Crippen LogP contribution in [0.5, 0.6) is 6.01 Å². The number of nitrogen functional groups attached to an aromatic ring is 1. The fraction of sp³-hybridized carbons (Fsp3) is 0.100. The van der Waals surface area contributed by atoms with Crippen molar-refractivity contribution in [2.75, 3.05) is 17.9 Å². The van der Waals surface area contributed by atoms with E-state index in [2.05, 4.69) is 41.6 Å². The molecular formula is C10H10BrClN6O. The number of benzene rings is 1. The number of nitrogens with zero attached hydrogens (tertiary/aromatic N) is 3. The van der Waals surface area contributed by atoms with Crippen LogP contribution in [0.3, 0.4) is 0 Å². The molecule has 0 saturated heterocycles. The number of anilines is 3. The third-order valence-corrected chi connectivity index (χ3v) is 3.33. The molecule has 2 aromatic rings. The van der Waals surface area contributed by atoms with Gasteiger partial charge in [0.1, 0.15) is 0 Å². The van der Waals surface area contributed by atoms with E-state index in [0.717, 1.165) is 10.2 Å². The maximum atomic E-state index is 6.00. The number of nitrogens with two attached hydrogens (primary N) is 1. The molecule has 0 bridgehead atoms. The van der Waals surface area contributed by atoms with Crippen LogP contribution in [0.2, 0.25) is 5.02 Å². The first-order valence-electron chi connectivity index (χ1n) is 5.11. The van der Waals surface area contributed by atoms with Crippen molar-refractivity contribution in [1.29, 1.82) is 0 Å². The van der Waals surface area contributed by atoms with Gasteiger partial charge in [0.05, 0.1) is 12.1 Å². The Morgan fingerprint density at radius 3 is 2.63 bits per heavy atom. The molecule has 1 heterocycles. The lowest BCUT2D eigenvalue weighted by atomic mass is 10.3. The van der Waals surface area contributed by atoms with E-state index in [9.17, 15) is 0 Å². The molecule has 0 amide bonds. The summed E-state index contributed by atoms with van der Waals surface area (Å²) >= 11 is 9.31. The first-order chi connectivity index (χ1) is 9.12. The summed E-state index contributed by atoms with van der Waals surface area (Å²) in [5.74, 6) is 5.75. The molecule has 0 fully saturated rings. The molecule has 1 aromatic carbocycles. The fourth-order valence-corrected chi connectivity index (χ4v) is 1.70. The zero-order chi connectivity index (χ0) is 13.8. The number of methoxy groups -OCH3 is 1. The van der Waals surface area contributed by atoms with Crippen LogP contribution in [0.1, 0.15) is 0 Å². The lowest BCUT2D eigenvalue weighted by Gasteiger charge is -2.08. The van der Waals surface area contributed by atoms with Gasteiger partial charge in [0, 0.05) is 10.2 Å². The van der Waals surface area contributed by atoms with Crippen LogP contribution < -0.4 is 21.3 Å². The smallest absolute Gasteiger partial charge is 0.322 e. The molecule has 0 unspecified atom stereocenters. The molecule has 19 heavy (non-hydrogen) atoms. The lowest BCUT2D eigenvalue weighted by molar-refractivity contribution is 0.379. The number of halogens is 2. The zero-order valence-corrected chi connectivity index (χ0v) is 12.2. The Morgan fingerprint density at radius 2 is 2.00 bits per heavy atom. The predicted molar refractivity (Wildman–Crippen MR) is 76.6 cm³/mol. The molecule has 4 N–H and O–H groups in total. The second-order valence-corrected chi connectivity index (χ2v) is 4.63. The molecule has 0 radical (unpaired) electrons. The van der Waals surface area contributed by atoms with Gasteiger partial charge < -0.3 is 10.1 Å². The second-order valence-electron chi connectivity index (χ2n) is 3.37. The van der Waals surface area contributed by atoms with E-state index in [1.54, 1.807) is 6.07 Å². The number of hydrogen-bond donors (Lipinski definition) is 3.